The number of aliphatic carboxylic acids is 1. The molecule has 3 N–H and O–H groups in total. The summed E-state index contributed by atoms with van der Waals surface area (Å²) in [7, 11) is 0. The van der Waals surface area contributed by atoms with Gasteiger partial charge in [-0.25, -0.2) is 4.79 Å². The Morgan fingerprint density at radius 1 is 1.58 bits per heavy atom. The molecular weight excluding hydrogens is 158 g/mol. The number of rotatable bonds is 1. The summed E-state index contributed by atoms with van der Waals surface area (Å²) in [6.45, 7) is 3.28. The highest BCUT2D eigenvalue weighted by Gasteiger charge is 2.39. The zero-order valence-corrected chi connectivity index (χ0v) is 7.00. The maximum atomic E-state index is 10.7. The molecule has 4 heteroatoms. The van der Waals surface area contributed by atoms with Crippen LogP contribution in [0.15, 0.2) is 23.5 Å². The molecule has 1 aliphatic rings. The highest BCUT2D eigenvalue weighted by Crippen LogP contribution is 2.23. The Morgan fingerprint density at radius 2 is 2.17 bits per heavy atom. The number of carboxylic acid groups (broad SMARTS) is 1. The van der Waals surface area contributed by atoms with Crippen LogP contribution in [0.1, 0.15) is 13.8 Å². The molecular formula is C8H11NO3. The van der Waals surface area contributed by atoms with Crippen molar-refractivity contribution in [3.8, 4) is 0 Å². The molecule has 0 bridgehead atoms. The normalized spacial score (nSPS) is 28.6. The number of ether oxygens (including phenoxy) is 1. The maximum absolute atomic E-state index is 10.7. The van der Waals surface area contributed by atoms with E-state index < -0.39 is 11.7 Å². The lowest BCUT2D eigenvalue weighted by molar-refractivity contribution is -0.156. The van der Waals surface area contributed by atoms with Crippen molar-refractivity contribution >= 4 is 5.97 Å². The van der Waals surface area contributed by atoms with E-state index in [1.54, 1.807) is 26.0 Å². The van der Waals surface area contributed by atoms with Gasteiger partial charge in [-0.1, -0.05) is 6.08 Å². The fraction of sp³-hybridized carbons (Fsp3) is 0.375. The maximum Gasteiger partial charge on any atom is 0.368 e. The highest BCUT2D eigenvalue weighted by atomic mass is 16.5. The smallest absolute Gasteiger partial charge is 0.368 e. The molecule has 1 heterocycles. The summed E-state index contributed by atoms with van der Waals surface area (Å²) in [6.07, 6.45) is 3.33. The van der Waals surface area contributed by atoms with Crippen LogP contribution in [-0.2, 0) is 9.53 Å². The van der Waals surface area contributed by atoms with Gasteiger partial charge in [0.05, 0.1) is 5.76 Å². The summed E-state index contributed by atoms with van der Waals surface area (Å²) in [5, 5.41) is 8.77. The Morgan fingerprint density at radius 3 is 2.58 bits per heavy atom. The minimum Gasteiger partial charge on any atom is -0.477 e. The summed E-state index contributed by atoms with van der Waals surface area (Å²) >= 11 is 0. The van der Waals surface area contributed by atoms with E-state index in [1.165, 1.54) is 0 Å². The molecule has 0 aromatic rings. The molecule has 0 amide bonds. The van der Waals surface area contributed by atoms with Gasteiger partial charge in [0.15, 0.2) is 0 Å². The summed E-state index contributed by atoms with van der Waals surface area (Å²) in [5.74, 6) is -0.672. The van der Waals surface area contributed by atoms with Crippen molar-refractivity contribution in [3.63, 3.8) is 0 Å². The van der Waals surface area contributed by atoms with Crippen LogP contribution in [0.3, 0.4) is 0 Å². The van der Waals surface area contributed by atoms with E-state index in [2.05, 4.69) is 0 Å². The topological polar surface area (TPSA) is 72.6 Å². The van der Waals surface area contributed by atoms with Crippen molar-refractivity contribution in [3.05, 3.63) is 23.5 Å². The summed E-state index contributed by atoms with van der Waals surface area (Å²) < 4.78 is 5.02. The second-order valence-electron chi connectivity index (χ2n) is 2.77. The van der Waals surface area contributed by atoms with Crippen LogP contribution < -0.4 is 5.73 Å². The lowest BCUT2D eigenvalue weighted by atomic mass is 10.0. The molecule has 1 aliphatic heterocycles. The van der Waals surface area contributed by atoms with E-state index in [-0.39, 0.29) is 0 Å². The summed E-state index contributed by atoms with van der Waals surface area (Å²) in [4.78, 5) is 10.7. The number of carbonyl (C=O) groups is 1. The molecule has 0 spiro atoms. The van der Waals surface area contributed by atoms with Gasteiger partial charge >= 0.3 is 5.97 Å². The monoisotopic (exact) mass is 169 g/mol. The van der Waals surface area contributed by atoms with Crippen LogP contribution in [0.4, 0.5) is 0 Å². The zero-order valence-electron chi connectivity index (χ0n) is 7.00. The van der Waals surface area contributed by atoms with Crippen molar-refractivity contribution in [2.75, 3.05) is 0 Å². The van der Waals surface area contributed by atoms with Crippen LogP contribution in [0.5, 0.6) is 0 Å². The first kappa shape index (κ1) is 8.80. The Bertz CT molecular complexity index is 280. The second kappa shape index (κ2) is 2.64. The first-order valence-electron chi connectivity index (χ1n) is 3.54. The fourth-order valence-electron chi connectivity index (χ4n) is 0.947. The quantitative estimate of drug-likeness (QED) is 0.603. The Hall–Kier alpha value is -1.29. The standard InChI is InChI=1S/C8H11NO3/c1-5-3-4-6(2)12-8(5,9)7(10)11/h3-4H,9H2,1-2H3,(H,10,11). The summed E-state index contributed by atoms with van der Waals surface area (Å²) in [6, 6.07) is 0. The second-order valence-corrected chi connectivity index (χ2v) is 2.77. The van der Waals surface area contributed by atoms with Gasteiger partial charge in [0.1, 0.15) is 0 Å². The minimum atomic E-state index is -1.68. The van der Waals surface area contributed by atoms with E-state index in [1.807, 2.05) is 0 Å². The van der Waals surface area contributed by atoms with E-state index in [0.29, 0.717) is 11.3 Å². The number of hydrogen-bond acceptors (Lipinski definition) is 3. The number of nitrogens with two attached hydrogens (primary N) is 1. The molecule has 0 aromatic heterocycles. The molecule has 0 saturated carbocycles. The number of allylic oxidation sites excluding steroid dienone is 3. The van der Waals surface area contributed by atoms with E-state index >= 15 is 0 Å². The molecule has 4 nitrogen and oxygen atoms in total. The van der Waals surface area contributed by atoms with Crippen LogP contribution in [0.2, 0.25) is 0 Å². The minimum absolute atomic E-state index is 0.487. The lowest BCUT2D eigenvalue weighted by Gasteiger charge is -2.29. The molecule has 0 aromatic carbocycles. The third-order valence-electron chi connectivity index (χ3n) is 1.79. The average Bonchev–Trinajstić information content (AvgIpc) is 1.97. The number of hydrogen-bond donors (Lipinski definition) is 2. The molecule has 1 atom stereocenters. The first-order valence-corrected chi connectivity index (χ1v) is 3.54. The molecule has 1 unspecified atom stereocenters. The van der Waals surface area contributed by atoms with E-state index in [9.17, 15) is 4.79 Å². The molecule has 66 valence electrons. The SMILES string of the molecule is CC1=CC=C(C)C(N)(C(=O)O)O1. The van der Waals surface area contributed by atoms with Gasteiger partial charge in [-0.2, -0.15) is 0 Å². The van der Waals surface area contributed by atoms with Gasteiger partial charge in [0.2, 0.25) is 0 Å². The van der Waals surface area contributed by atoms with Crippen molar-refractivity contribution in [2.45, 2.75) is 19.6 Å². The van der Waals surface area contributed by atoms with E-state index in [4.69, 9.17) is 15.6 Å². The summed E-state index contributed by atoms with van der Waals surface area (Å²) in [5.41, 5.74) is 4.31. The molecule has 0 saturated heterocycles. The molecule has 0 aliphatic carbocycles. The van der Waals surface area contributed by atoms with Gasteiger partial charge in [0.25, 0.3) is 5.72 Å². The predicted molar refractivity (Wildman–Crippen MR) is 43.2 cm³/mol. The largest absolute Gasteiger partial charge is 0.477 e. The van der Waals surface area contributed by atoms with Crippen molar-refractivity contribution in [1.29, 1.82) is 0 Å². The Labute approximate surface area is 70.3 Å². The third kappa shape index (κ3) is 1.21. The average molecular weight is 169 g/mol. The van der Waals surface area contributed by atoms with Gasteiger partial charge in [-0.15, -0.1) is 0 Å². The fourth-order valence-corrected chi connectivity index (χ4v) is 0.947. The zero-order chi connectivity index (χ0) is 9.35. The van der Waals surface area contributed by atoms with E-state index in [0.717, 1.165) is 0 Å². The van der Waals surface area contributed by atoms with Crippen LogP contribution in [0.25, 0.3) is 0 Å². The van der Waals surface area contributed by atoms with Crippen LogP contribution >= 0.6 is 0 Å². The van der Waals surface area contributed by atoms with Crippen LogP contribution in [0, 0.1) is 0 Å². The third-order valence-corrected chi connectivity index (χ3v) is 1.79. The Kier molecular flexibility index (Phi) is 1.94. The molecule has 0 radical (unpaired) electrons. The van der Waals surface area contributed by atoms with Crippen molar-refractivity contribution in [2.24, 2.45) is 5.73 Å². The number of carboxylic acids is 1. The van der Waals surface area contributed by atoms with Gasteiger partial charge in [-0.05, 0) is 25.5 Å². The van der Waals surface area contributed by atoms with Gasteiger partial charge in [-0.3, -0.25) is 5.73 Å². The Balaban J connectivity index is 3.04. The first-order chi connectivity index (χ1) is 5.47. The van der Waals surface area contributed by atoms with Gasteiger partial charge in [0, 0.05) is 0 Å². The predicted octanol–water partition coefficient (Wildman–Crippen LogP) is 0.606. The van der Waals surface area contributed by atoms with Crippen LogP contribution in [-0.4, -0.2) is 16.8 Å². The highest BCUT2D eigenvalue weighted by molar-refractivity contribution is 5.81. The van der Waals surface area contributed by atoms with Gasteiger partial charge < -0.3 is 9.84 Å². The molecule has 1 rings (SSSR count). The van der Waals surface area contributed by atoms with Crippen molar-refractivity contribution in [1.82, 2.24) is 0 Å². The lowest BCUT2D eigenvalue weighted by Crippen LogP contribution is -2.52. The molecule has 0 fully saturated rings. The molecule has 12 heavy (non-hydrogen) atoms. The van der Waals surface area contributed by atoms with Crippen molar-refractivity contribution < 1.29 is 14.6 Å².